The second kappa shape index (κ2) is 6.89. The van der Waals surface area contributed by atoms with Crippen LogP contribution >= 0.6 is 0 Å². The Labute approximate surface area is 121 Å². The number of rotatable bonds is 8. The lowest BCUT2D eigenvalue weighted by Crippen LogP contribution is -2.30. The van der Waals surface area contributed by atoms with Crippen LogP contribution in [0.5, 0.6) is 0 Å². The lowest BCUT2D eigenvalue weighted by atomic mass is 9.91. The molecule has 20 heavy (non-hydrogen) atoms. The van der Waals surface area contributed by atoms with Gasteiger partial charge in [-0.3, -0.25) is 4.79 Å². The highest BCUT2D eigenvalue weighted by atomic mass is 32.3. The maximum atomic E-state index is 11.7. The second-order valence-corrected chi connectivity index (χ2v) is 10.4. The van der Waals surface area contributed by atoms with E-state index in [9.17, 15) is 21.6 Å². The van der Waals surface area contributed by atoms with Gasteiger partial charge in [-0.25, -0.2) is 16.8 Å². The van der Waals surface area contributed by atoms with Crippen LogP contribution in [0, 0.1) is 5.41 Å². The molecule has 0 N–H and O–H groups in total. The van der Waals surface area contributed by atoms with Crippen LogP contribution in [0.1, 0.15) is 40.0 Å². The smallest absolute Gasteiger partial charge is 0.311 e. The standard InChI is InChI=1S/C12H24O6S2/c1-6-12(2,3)11(13)18-9-7-8-10(19(4,14)15)20(5,16)17/h10H,6-9H2,1-5H3. The number of carbonyl (C=O) groups is 1. The third-order valence-electron chi connectivity index (χ3n) is 3.21. The van der Waals surface area contributed by atoms with Crippen LogP contribution in [-0.4, -0.2) is 46.5 Å². The number of esters is 1. The predicted molar refractivity (Wildman–Crippen MR) is 77.7 cm³/mol. The molecule has 120 valence electrons. The zero-order valence-corrected chi connectivity index (χ0v) is 14.3. The molecule has 0 saturated heterocycles. The molecule has 0 aliphatic heterocycles. The summed E-state index contributed by atoms with van der Waals surface area (Å²) in [5.41, 5.74) is -0.590. The fraction of sp³-hybridized carbons (Fsp3) is 0.917. The Bertz CT molecular complexity index is 498. The van der Waals surface area contributed by atoms with Gasteiger partial charge in [0.2, 0.25) is 0 Å². The van der Waals surface area contributed by atoms with Gasteiger partial charge >= 0.3 is 5.97 Å². The largest absolute Gasteiger partial charge is 0.465 e. The third-order valence-corrected chi connectivity index (χ3v) is 7.69. The average molecular weight is 328 g/mol. The minimum atomic E-state index is -3.68. The van der Waals surface area contributed by atoms with E-state index in [0.29, 0.717) is 6.42 Å². The highest BCUT2D eigenvalue weighted by Crippen LogP contribution is 2.22. The van der Waals surface area contributed by atoms with Crippen molar-refractivity contribution in [2.75, 3.05) is 19.1 Å². The number of hydrogen-bond acceptors (Lipinski definition) is 6. The molecule has 0 aliphatic rings. The van der Waals surface area contributed by atoms with Crippen LogP contribution in [-0.2, 0) is 29.2 Å². The summed E-state index contributed by atoms with van der Waals surface area (Å²) in [5.74, 6) is -0.365. The Kier molecular flexibility index (Phi) is 6.67. The SMILES string of the molecule is CCC(C)(C)C(=O)OCCCC(S(C)(=O)=O)S(C)(=O)=O. The molecule has 0 fully saturated rings. The van der Waals surface area contributed by atoms with Gasteiger partial charge in [-0.05, 0) is 33.1 Å². The molecule has 0 amide bonds. The molecule has 8 heteroatoms. The Morgan fingerprint density at radius 1 is 1.10 bits per heavy atom. The fourth-order valence-electron chi connectivity index (χ4n) is 1.50. The predicted octanol–water partition coefficient (Wildman–Crippen LogP) is 1.16. The van der Waals surface area contributed by atoms with Crippen LogP contribution < -0.4 is 0 Å². The summed E-state index contributed by atoms with van der Waals surface area (Å²) >= 11 is 0. The molecule has 0 aromatic heterocycles. The van der Waals surface area contributed by atoms with Crippen molar-refractivity contribution in [2.24, 2.45) is 5.41 Å². The molecule has 0 aromatic rings. The third kappa shape index (κ3) is 6.21. The van der Waals surface area contributed by atoms with E-state index in [1.54, 1.807) is 13.8 Å². The highest BCUT2D eigenvalue weighted by molar-refractivity contribution is 8.08. The van der Waals surface area contributed by atoms with Crippen molar-refractivity contribution in [1.29, 1.82) is 0 Å². The van der Waals surface area contributed by atoms with E-state index in [0.717, 1.165) is 12.5 Å². The molecule has 0 radical (unpaired) electrons. The first-order valence-electron chi connectivity index (χ1n) is 6.37. The topological polar surface area (TPSA) is 94.6 Å². The van der Waals surface area contributed by atoms with Crippen molar-refractivity contribution >= 4 is 25.6 Å². The summed E-state index contributed by atoms with van der Waals surface area (Å²) in [6.07, 6.45) is 2.53. The summed E-state index contributed by atoms with van der Waals surface area (Å²) < 4.78 is 49.3. The van der Waals surface area contributed by atoms with Crippen molar-refractivity contribution < 1.29 is 26.4 Å². The normalized spacial score (nSPS) is 13.5. The van der Waals surface area contributed by atoms with Gasteiger partial charge in [0.15, 0.2) is 24.3 Å². The van der Waals surface area contributed by atoms with E-state index in [4.69, 9.17) is 4.74 Å². The number of hydrogen-bond donors (Lipinski definition) is 0. The van der Waals surface area contributed by atoms with E-state index in [1.165, 1.54) is 0 Å². The minimum absolute atomic E-state index is 0.0177. The van der Waals surface area contributed by atoms with Gasteiger partial charge in [-0.2, -0.15) is 0 Å². The van der Waals surface area contributed by atoms with Gasteiger partial charge in [0.1, 0.15) is 0 Å². The van der Waals surface area contributed by atoms with E-state index >= 15 is 0 Å². The van der Waals surface area contributed by atoms with Crippen LogP contribution in [0.15, 0.2) is 0 Å². The van der Waals surface area contributed by atoms with Gasteiger partial charge in [0, 0.05) is 12.5 Å². The van der Waals surface area contributed by atoms with Gasteiger partial charge in [-0.1, -0.05) is 6.92 Å². The van der Waals surface area contributed by atoms with Crippen molar-refractivity contribution in [3.05, 3.63) is 0 Å². The zero-order chi connectivity index (χ0) is 16.2. The van der Waals surface area contributed by atoms with Crippen LogP contribution in [0.2, 0.25) is 0 Å². The maximum Gasteiger partial charge on any atom is 0.311 e. The minimum Gasteiger partial charge on any atom is -0.465 e. The zero-order valence-electron chi connectivity index (χ0n) is 12.7. The maximum absolute atomic E-state index is 11.7. The van der Waals surface area contributed by atoms with E-state index < -0.39 is 29.7 Å². The Balaban J connectivity index is 4.47. The van der Waals surface area contributed by atoms with Crippen molar-refractivity contribution in [1.82, 2.24) is 0 Å². The highest BCUT2D eigenvalue weighted by Gasteiger charge is 2.31. The second-order valence-electron chi connectivity index (χ2n) is 5.60. The molecule has 0 bridgehead atoms. The molecular weight excluding hydrogens is 304 g/mol. The molecule has 0 saturated carbocycles. The van der Waals surface area contributed by atoms with Gasteiger partial charge in [0.25, 0.3) is 0 Å². The van der Waals surface area contributed by atoms with E-state index in [1.807, 2.05) is 6.92 Å². The molecule has 0 aromatic carbocycles. The molecule has 0 atom stereocenters. The molecule has 6 nitrogen and oxygen atoms in total. The Morgan fingerprint density at radius 2 is 1.55 bits per heavy atom. The van der Waals surface area contributed by atoms with Crippen molar-refractivity contribution in [3.8, 4) is 0 Å². The Morgan fingerprint density at radius 3 is 1.90 bits per heavy atom. The molecule has 0 unspecified atom stereocenters. The summed E-state index contributed by atoms with van der Waals surface area (Å²) in [6, 6.07) is 0. The molecule has 0 aliphatic carbocycles. The van der Waals surface area contributed by atoms with Crippen LogP contribution in [0.25, 0.3) is 0 Å². The average Bonchev–Trinajstić information content (AvgIpc) is 2.24. The summed E-state index contributed by atoms with van der Waals surface area (Å²) in [7, 11) is -7.37. The first-order valence-corrected chi connectivity index (χ1v) is 10.3. The van der Waals surface area contributed by atoms with Crippen molar-refractivity contribution in [3.63, 3.8) is 0 Å². The number of sulfone groups is 2. The van der Waals surface area contributed by atoms with Gasteiger partial charge in [-0.15, -0.1) is 0 Å². The lowest BCUT2D eigenvalue weighted by Gasteiger charge is -2.20. The molecule has 0 heterocycles. The van der Waals surface area contributed by atoms with E-state index in [-0.39, 0.29) is 25.4 Å². The fourth-order valence-corrected chi connectivity index (χ4v) is 5.23. The summed E-state index contributed by atoms with van der Waals surface area (Å²) in [5, 5.41) is 0. The van der Waals surface area contributed by atoms with Crippen LogP contribution in [0.3, 0.4) is 0 Å². The van der Waals surface area contributed by atoms with E-state index in [2.05, 4.69) is 0 Å². The molecule has 0 rings (SSSR count). The molecular formula is C12H24O6S2. The lowest BCUT2D eigenvalue weighted by molar-refractivity contribution is -0.154. The van der Waals surface area contributed by atoms with Crippen LogP contribution in [0.4, 0.5) is 0 Å². The number of ether oxygens (including phenoxy) is 1. The monoisotopic (exact) mass is 328 g/mol. The first-order chi connectivity index (χ1) is 8.82. The first kappa shape index (κ1) is 19.4. The van der Waals surface area contributed by atoms with Gasteiger partial charge < -0.3 is 4.74 Å². The molecule has 0 spiro atoms. The Hall–Kier alpha value is -0.630. The van der Waals surface area contributed by atoms with Gasteiger partial charge in [0.05, 0.1) is 12.0 Å². The summed E-state index contributed by atoms with van der Waals surface area (Å²) in [4.78, 5) is 11.7. The van der Waals surface area contributed by atoms with Crippen molar-refractivity contribution in [2.45, 2.75) is 44.6 Å². The number of carbonyl (C=O) groups excluding carboxylic acids is 1. The quantitative estimate of drug-likeness (QED) is 0.490. The summed E-state index contributed by atoms with van der Waals surface area (Å²) in [6.45, 7) is 5.39.